The lowest BCUT2D eigenvalue weighted by atomic mass is 10.1. The van der Waals surface area contributed by atoms with Crippen LogP contribution in [0.3, 0.4) is 0 Å². The largest absolute Gasteiger partial charge is 0.324 e. The maximum absolute atomic E-state index is 11.9. The summed E-state index contributed by atoms with van der Waals surface area (Å²) < 4.78 is 0. The molecule has 17 heavy (non-hydrogen) atoms. The van der Waals surface area contributed by atoms with Gasteiger partial charge in [0.15, 0.2) is 0 Å². The van der Waals surface area contributed by atoms with Gasteiger partial charge in [-0.15, -0.1) is 10.2 Å². The lowest BCUT2D eigenvalue weighted by Gasteiger charge is -2.07. The zero-order valence-corrected chi connectivity index (χ0v) is 9.91. The summed E-state index contributed by atoms with van der Waals surface area (Å²) in [6, 6.07) is 5.25. The molecule has 0 unspecified atom stereocenters. The Morgan fingerprint density at radius 1 is 1.47 bits per heavy atom. The van der Waals surface area contributed by atoms with Gasteiger partial charge < -0.3 is 5.43 Å². The minimum Gasteiger partial charge on any atom is -0.324 e. The Hall–Kier alpha value is -1.99. The van der Waals surface area contributed by atoms with Gasteiger partial charge in [0.25, 0.3) is 5.91 Å². The van der Waals surface area contributed by atoms with E-state index >= 15 is 0 Å². The van der Waals surface area contributed by atoms with Crippen molar-refractivity contribution in [2.24, 2.45) is 5.84 Å². The van der Waals surface area contributed by atoms with Crippen LogP contribution in [0.2, 0.25) is 0 Å². The van der Waals surface area contributed by atoms with Crippen molar-refractivity contribution in [1.29, 1.82) is 0 Å². The second kappa shape index (κ2) is 4.89. The van der Waals surface area contributed by atoms with Crippen molar-refractivity contribution in [2.45, 2.75) is 6.92 Å². The van der Waals surface area contributed by atoms with E-state index in [0.717, 1.165) is 11.3 Å². The summed E-state index contributed by atoms with van der Waals surface area (Å²) in [5.74, 6) is 5.08. The number of anilines is 2. The number of nitrogens with one attached hydrogen (secondary N) is 2. The van der Waals surface area contributed by atoms with Crippen LogP contribution in [0.1, 0.15) is 15.9 Å². The highest BCUT2D eigenvalue weighted by atomic mass is 32.1. The molecule has 0 saturated carbocycles. The maximum atomic E-state index is 11.9. The third-order valence-corrected chi connectivity index (χ3v) is 2.82. The highest BCUT2D eigenvalue weighted by Crippen LogP contribution is 2.16. The number of nitrogens with two attached hydrogens (primary N) is 1. The third kappa shape index (κ3) is 2.58. The molecule has 6 nitrogen and oxygen atoms in total. The molecule has 1 amide bonds. The first-order valence-electron chi connectivity index (χ1n) is 4.85. The summed E-state index contributed by atoms with van der Waals surface area (Å²) in [5, 5.41) is 10.5. The minimum absolute atomic E-state index is 0.206. The van der Waals surface area contributed by atoms with Crippen molar-refractivity contribution < 1.29 is 4.79 Å². The van der Waals surface area contributed by atoms with E-state index in [1.165, 1.54) is 11.3 Å². The van der Waals surface area contributed by atoms with Gasteiger partial charge in [-0.1, -0.05) is 11.3 Å². The monoisotopic (exact) mass is 249 g/mol. The molecular weight excluding hydrogens is 238 g/mol. The van der Waals surface area contributed by atoms with E-state index in [1.54, 1.807) is 23.7 Å². The Bertz CT molecular complexity index is 525. The molecule has 4 N–H and O–H groups in total. The van der Waals surface area contributed by atoms with Crippen LogP contribution in [0.4, 0.5) is 10.8 Å². The molecule has 1 aromatic carbocycles. The summed E-state index contributed by atoms with van der Waals surface area (Å²) in [6.45, 7) is 1.84. The van der Waals surface area contributed by atoms with Crippen LogP contribution in [0, 0.1) is 6.92 Å². The Kier molecular flexibility index (Phi) is 3.31. The van der Waals surface area contributed by atoms with E-state index in [0.29, 0.717) is 10.7 Å². The van der Waals surface area contributed by atoms with Crippen LogP contribution in [0.5, 0.6) is 0 Å². The zero-order chi connectivity index (χ0) is 12.3. The number of hydrazine groups is 1. The average Bonchev–Trinajstić information content (AvgIpc) is 2.81. The van der Waals surface area contributed by atoms with Gasteiger partial charge in [0.05, 0.1) is 0 Å². The fourth-order valence-corrected chi connectivity index (χ4v) is 1.84. The first-order valence-corrected chi connectivity index (χ1v) is 5.73. The molecule has 1 aromatic heterocycles. The van der Waals surface area contributed by atoms with Gasteiger partial charge >= 0.3 is 0 Å². The fraction of sp³-hybridized carbons (Fsp3) is 0.100. The number of carbonyl (C=O) groups is 1. The third-order valence-electron chi connectivity index (χ3n) is 2.22. The molecule has 0 radical (unpaired) electrons. The van der Waals surface area contributed by atoms with Gasteiger partial charge in [-0.2, -0.15) is 0 Å². The van der Waals surface area contributed by atoms with Crippen molar-refractivity contribution in [2.75, 3.05) is 10.7 Å². The number of nitrogen functional groups attached to an aromatic ring is 1. The van der Waals surface area contributed by atoms with E-state index in [-0.39, 0.29) is 5.91 Å². The fourth-order valence-electron chi connectivity index (χ4n) is 1.40. The van der Waals surface area contributed by atoms with Gasteiger partial charge in [0.1, 0.15) is 5.51 Å². The smallest absolute Gasteiger partial charge is 0.257 e. The molecule has 0 fully saturated rings. The summed E-state index contributed by atoms with van der Waals surface area (Å²) in [5.41, 5.74) is 6.26. The Labute approximate surface area is 102 Å². The predicted octanol–water partition coefficient (Wildman–Crippen LogP) is 1.38. The van der Waals surface area contributed by atoms with Crippen LogP contribution in [-0.4, -0.2) is 16.1 Å². The molecule has 0 saturated heterocycles. The van der Waals surface area contributed by atoms with E-state index in [4.69, 9.17) is 5.84 Å². The van der Waals surface area contributed by atoms with Crippen molar-refractivity contribution in [1.82, 2.24) is 10.2 Å². The quantitative estimate of drug-likeness (QED) is 0.564. The van der Waals surface area contributed by atoms with Crippen molar-refractivity contribution in [3.63, 3.8) is 0 Å². The molecule has 2 rings (SSSR count). The zero-order valence-electron chi connectivity index (χ0n) is 9.10. The molecule has 1 heterocycles. The number of hydrogen-bond donors (Lipinski definition) is 3. The van der Waals surface area contributed by atoms with Gasteiger partial charge in [-0.3, -0.25) is 16.0 Å². The molecule has 0 aliphatic carbocycles. The van der Waals surface area contributed by atoms with Crippen molar-refractivity contribution in [3.05, 3.63) is 34.8 Å². The van der Waals surface area contributed by atoms with E-state index < -0.39 is 0 Å². The first kappa shape index (κ1) is 11.5. The topological polar surface area (TPSA) is 92.9 Å². The minimum atomic E-state index is -0.206. The number of aryl methyl sites for hydroxylation is 1. The molecule has 0 aliphatic rings. The molecule has 7 heteroatoms. The summed E-state index contributed by atoms with van der Waals surface area (Å²) >= 11 is 1.27. The Balaban J connectivity index is 2.19. The van der Waals surface area contributed by atoms with Crippen LogP contribution in [0.25, 0.3) is 0 Å². The first-order chi connectivity index (χ1) is 8.20. The molecular formula is C10H11N5OS. The lowest BCUT2D eigenvalue weighted by Crippen LogP contribution is -2.14. The molecule has 88 valence electrons. The van der Waals surface area contributed by atoms with Crippen LogP contribution in [0.15, 0.2) is 23.7 Å². The summed E-state index contributed by atoms with van der Waals surface area (Å²) in [6.07, 6.45) is 0. The number of rotatable bonds is 3. The normalized spacial score (nSPS) is 10.0. The van der Waals surface area contributed by atoms with Gasteiger partial charge in [0, 0.05) is 11.3 Å². The number of amides is 1. The number of carbonyl (C=O) groups excluding carboxylic acids is 1. The Morgan fingerprint density at radius 3 is 2.88 bits per heavy atom. The number of benzene rings is 1. The molecule has 0 bridgehead atoms. The van der Waals surface area contributed by atoms with Crippen molar-refractivity contribution >= 4 is 28.1 Å². The predicted molar refractivity (Wildman–Crippen MR) is 66.9 cm³/mol. The molecule has 2 aromatic rings. The van der Waals surface area contributed by atoms with Crippen LogP contribution in [-0.2, 0) is 0 Å². The van der Waals surface area contributed by atoms with E-state index in [2.05, 4.69) is 20.9 Å². The maximum Gasteiger partial charge on any atom is 0.257 e. The molecule has 0 spiro atoms. The summed E-state index contributed by atoms with van der Waals surface area (Å²) in [7, 11) is 0. The second-order valence-electron chi connectivity index (χ2n) is 3.37. The SMILES string of the molecule is Cc1cc(NN)ccc1C(=O)Nc1nncs1. The summed E-state index contributed by atoms with van der Waals surface area (Å²) in [4.78, 5) is 11.9. The van der Waals surface area contributed by atoms with Gasteiger partial charge in [-0.25, -0.2) is 0 Å². The Morgan fingerprint density at radius 2 is 2.29 bits per heavy atom. The van der Waals surface area contributed by atoms with Crippen LogP contribution < -0.4 is 16.6 Å². The molecule has 0 atom stereocenters. The number of hydrogen-bond acceptors (Lipinski definition) is 6. The highest BCUT2D eigenvalue weighted by Gasteiger charge is 2.10. The van der Waals surface area contributed by atoms with Gasteiger partial charge in [0.2, 0.25) is 5.13 Å². The standard InChI is InChI=1S/C10H11N5OS/c1-6-4-7(14-11)2-3-8(6)9(16)13-10-15-12-5-17-10/h2-5,14H,11H2,1H3,(H,13,15,16). The lowest BCUT2D eigenvalue weighted by molar-refractivity contribution is 0.102. The number of aromatic nitrogens is 2. The van der Waals surface area contributed by atoms with E-state index in [1.807, 2.05) is 6.92 Å². The van der Waals surface area contributed by atoms with Gasteiger partial charge in [-0.05, 0) is 30.7 Å². The second-order valence-corrected chi connectivity index (χ2v) is 4.21. The van der Waals surface area contributed by atoms with Crippen LogP contribution >= 0.6 is 11.3 Å². The highest BCUT2D eigenvalue weighted by molar-refractivity contribution is 7.13. The number of nitrogens with zero attached hydrogens (tertiary/aromatic N) is 2. The molecule has 0 aliphatic heterocycles. The average molecular weight is 249 g/mol. The van der Waals surface area contributed by atoms with E-state index in [9.17, 15) is 4.79 Å². The van der Waals surface area contributed by atoms with Crippen molar-refractivity contribution in [3.8, 4) is 0 Å².